The molecule has 2 nitrogen and oxygen atoms in total. The Hall–Kier alpha value is -0.370. The van der Waals surface area contributed by atoms with E-state index in [9.17, 15) is 9.90 Å². The molecule has 0 bridgehead atoms. The van der Waals surface area contributed by atoms with Crippen molar-refractivity contribution in [3.8, 4) is 0 Å². The number of carbonyl (C=O) groups is 1. The molecule has 0 saturated heterocycles. The fourth-order valence-electron chi connectivity index (χ4n) is 7.90. The Labute approximate surface area is 141 Å². The summed E-state index contributed by atoms with van der Waals surface area (Å²) in [5, 5.41) is 10.1. The van der Waals surface area contributed by atoms with Gasteiger partial charge in [0.15, 0.2) is 0 Å². The molecule has 4 aliphatic carbocycles. The molecule has 2 heteroatoms. The maximum absolute atomic E-state index is 12.2. The first-order chi connectivity index (χ1) is 10.9. The number of rotatable bonds is 1. The lowest BCUT2D eigenvalue weighted by Crippen LogP contribution is -2.54. The van der Waals surface area contributed by atoms with Gasteiger partial charge in [0.2, 0.25) is 0 Å². The number of Topliss-reactive ketones (excluding diaryl/α,β-unsaturated/α-hetero) is 1. The van der Waals surface area contributed by atoms with Crippen LogP contribution in [0.25, 0.3) is 0 Å². The summed E-state index contributed by atoms with van der Waals surface area (Å²) in [5.74, 6) is 3.97. The van der Waals surface area contributed by atoms with Gasteiger partial charge in [0.25, 0.3) is 0 Å². The zero-order valence-electron chi connectivity index (χ0n) is 15.2. The van der Waals surface area contributed by atoms with Crippen molar-refractivity contribution in [2.45, 2.75) is 84.7 Å². The van der Waals surface area contributed by atoms with Crippen LogP contribution < -0.4 is 0 Å². The van der Waals surface area contributed by atoms with Gasteiger partial charge in [-0.25, -0.2) is 0 Å². The molecule has 4 saturated carbocycles. The fraction of sp³-hybridized carbons (Fsp3) is 0.952. The minimum atomic E-state index is -0.0490. The van der Waals surface area contributed by atoms with Gasteiger partial charge in [-0.3, -0.25) is 4.79 Å². The first kappa shape index (κ1) is 16.1. The van der Waals surface area contributed by atoms with Crippen molar-refractivity contribution in [2.75, 3.05) is 0 Å². The van der Waals surface area contributed by atoms with E-state index in [0.29, 0.717) is 17.1 Å². The minimum absolute atomic E-state index is 0.0490. The van der Waals surface area contributed by atoms with Crippen LogP contribution in [0.4, 0.5) is 0 Å². The molecule has 4 aliphatic rings. The lowest BCUT2D eigenvalue weighted by atomic mass is 9.44. The monoisotopic (exact) mass is 318 g/mol. The van der Waals surface area contributed by atoms with Gasteiger partial charge < -0.3 is 5.11 Å². The van der Waals surface area contributed by atoms with Gasteiger partial charge in [-0.1, -0.05) is 13.8 Å². The minimum Gasteiger partial charge on any atom is -0.393 e. The molecule has 0 aliphatic heterocycles. The normalized spacial score (nSPS) is 55.7. The smallest absolute Gasteiger partial charge is 0.133 e. The fourth-order valence-corrected chi connectivity index (χ4v) is 7.90. The second-order valence-corrected chi connectivity index (χ2v) is 9.87. The molecule has 1 N–H and O–H groups in total. The highest BCUT2D eigenvalue weighted by Crippen LogP contribution is 2.67. The van der Waals surface area contributed by atoms with E-state index in [1.807, 2.05) is 6.92 Å². The van der Waals surface area contributed by atoms with Crippen LogP contribution in [-0.2, 0) is 4.79 Å². The van der Waals surface area contributed by atoms with Crippen molar-refractivity contribution < 1.29 is 9.90 Å². The molecule has 0 aromatic heterocycles. The Bertz CT molecular complexity index is 500. The second-order valence-electron chi connectivity index (χ2n) is 9.87. The van der Waals surface area contributed by atoms with Gasteiger partial charge in [0, 0.05) is 5.92 Å². The van der Waals surface area contributed by atoms with Gasteiger partial charge >= 0.3 is 0 Å². The molecule has 0 aromatic carbocycles. The molecule has 0 heterocycles. The maximum Gasteiger partial charge on any atom is 0.133 e. The van der Waals surface area contributed by atoms with Crippen molar-refractivity contribution in [3.05, 3.63) is 0 Å². The van der Waals surface area contributed by atoms with Crippen LogP contribution >= 0.6 is 0 Å². The summed E-state index contributed by atoms with van der Waals surface area (Å²) in [6.45, 7) is 6.80. The SMILES string of the molecule is CC(=O)C1CC[C@H]2C3CC[C@H]4C[C@H](O)CCC4(C)[C@H]3CC[C@]12C. The third kappa shape index (κ3) is 2.19. The Morgan fingerprint density at radius 3 is 2.35 bits per heavy atom. The van der Waals surface area contributed by atoms with E-state index in [-0.39, 0.29) is 11.5 Å². The molecule has 23 heavy (non-hydrogen) atoms. The van der Waals surface area contributed by atoms with Crippen LogP contribution in [-0.4, -0.2) is 17.0 Å². The largest absolute Gasteiger partial charge is 0.393 e. The van der Waals surface area contributed by atoms with E-state index < -0.39 is 0 Å². The second kappa shape index (κ2) is 5.31. The van der Waals surface area contributed by atoms with Gasteiger partial charge in [0.1, 0.15) is 5.78 Å². The average Bonchev–Trinajstić information content (AvgIpc) is 2.85. The van der Waals surface area contributed by atoms with Crippen molar-refractivity contribution in [2.24, 2.45) is 40.4 Å². The molecule has 0 spiro atoms. The lowest BCUT2D eigenvalue weighted by molar-refractivity contribution is -0.138. The standard InChI is InChI=1S/C21H34O2/c1-13(22)17-6-7-18-16-5-4-14-12-15(23)8-10-20(14,2)19(16)9-11-21(17,18)3/h14-19,23H,4-12H2,1-3H3/t14-,15+,16?,17?,18-,19-,20?,21+/m0/s1. The third-order valence-electron chi connectivity index (χ3n) is 9.13. The summed E-state index contributed by atoms with van der Waals surface area (Å²) >= 11 is 0. The number of carbonyl (C=O) groups excluding carboxylic acids is 1. The summed E-state index contributed by atoms with van der Waals surface area (Å²) in [7, 11) is 0. The Kier molecular flexibility index (Phi) is 3.72. The van der Waals surface area contributed by atoms with Crippen LogP contribution in [0, 0.1) is 40.4 Å². The number of hydrogen-bond acceptors (Lipinski definition) is 2. The summed E-state index contributed by atoms with van der Waals surface area (Å²) in [5.41, 5.74) is 0.738. The van der Waals surface area contributed by atoms with Crippen molar-refractivity contribution in [1.29, 1.82) is 0 Å². The average molecular weight is 319 g/mol. The van der Waals surface area contributed by atoms with E-state index in [1.165, 1.54) is 38.5 Å². The van der Waals surface area contributed by atoms with E-state index in [4.69, 9.17) is 0 Å². The predicted octanol–water partition coefficient (Wildman–Crippen LogP) is 4.60. The van der Waals surface area contributed by atoms with Crippen molar-refractivity contribution in [1.82, 2.24) is 0 Å². The first-order valence-corrected chi connectivity index (χ1v) is 10.0. The van der Waals surface area contributed by atoms with Gasteiger partial charge in [0.05, 0.1) is 6.10 Å². The number of aliphatic hydroxyl groups excluding tert-OH is 1. The Morgan fingerprint density at radius 1 is 0.913 bits per heavy atom. The lowest BCUT2D eigenvalue weighted by Gasteiger charge is -2.60. The zero-order chi connectivity index (χ0) is 16.4. The Morgan fingerprint density at radius 2 is 1.61 bits per heavy atom. The maximum atomic E-state index is 12.2. The van der Waals surface area contributed by atoms with Crippen LogP contribution in [0.1, 0.15) is 78.6 Å². The molecule has 0 aromatic rings. The predicted molar refractivity (Wildman–Crippen MR) is 91.9 cm³/mol. The molecule has 4 rings (SSSR count). The number of ketones is 1. The van der Waals surface area contributed by atoms with E-state index >= 15 is 0 Å². The third-order valence-corrected chi connectivity index (χ3v) is 9.13. The molecule has 0 amide bonds. The van der Waals surface area contributed by atoms with Crippen LogP contribution in [0.2, 0.25) is 0 Å². The Balaban J connectivity index is 1.61. The molecular formula is C21H34O2. The van der Waals surface area contributed by atoms with Gasteiger partial charge in [-0.15, -0.1) is 0 Å². The molecule has 4 fully saturated rings. The highest BCUT2D eigenvalue weighted by atomic mass is 16.3. The van der Waals surface area contributed by atoms with E-state index in [0.717, 1.165) is 42.9 Å². The number of fused-ring (bicyclic) bond motifs is 5. The first-order valence-electron chi connectivity index (χ1n) is 10.0. The number of aliphatic hydroxyl groups is 1. The highest BCUT2D eigenvalue weighted by molar-refractivity contribution is 5.79. The molecule has 0 radical (unpaired) electrons. The van der Waals surface area contributed by atoms with Crippen LogP contribution in [0.15, 0.2) is 0 Å². The molecule has 130 valence electrons. The van der Waals surface area contributed by atoms with E-state index in [2.05, 4.69) is 13.8 Å². The topological polar surface area (TPSA) is 37.3 Å². The quantitative estimate of drug-likeness (QED) is 0.767. The van der Waals surface area contributed by atoms with Crippen molar-refractivity contribution >= 4 is 5.78 Å². The van der Waals surface area contributed by atoms with Gasteiger partial charge in [-0.05, 0) is 99.2 Å². The zero-order valence-corrected chi connectivity index (χ0v) is 15.2. The summed E-state index contributed by atoms with van der Waals surface area (Å²) < 4.78 is 0. The summed E-state index contributed by atoms with van der Waals surface area (Å²) in [4.78, 5) is 12.2. The number of hydrogen-bond donors (Lipinski definition) is 1. The summed E-state index contributed by atoms with van der Waals surface area (Å²) in [6.07, 6.45) is 10.9. The van der Waals surface area contributed by atoms with Crippen LogP contribution in [0.5, 0.6) is 0 Å². The van der Waals surface area contributed by atoms with Crippen molar-refractivity contribution in [3.63, 3.8) is 0 Å². The summed E-state index contributed by atoms with van der Waals surface area (Å²) in [6, 6.07) is 0. The van der Waals surface area contributed by atoms with Gasteiger partial charge in [-0.2, -0.15) is 0 Å². The molecular weight excluding hydrogens is 284 g/mol. The molecule has 8 atom stereocenters. The highest BCUT2D eigenvalue weighted by Gasteiger charge is 2.60. The molecule has 3 unspecified atom stereocenters. The van der Waals surface area contributed by atoms with Crippen LogP contribution in [0.3, 0.4) is 0 Å². The van der Waals surface area contributed by atoms with E-state index in [1.54, 1.807) is 0 Å².